The second-order valence-electron chi connectivity index (χ2n) is 2.92. The standard InChI is InChI=1S/C7H14O5/c1-3-4(8)5(9)6(10)7(11-2)12-3/h3-10H,1-2H3/t3-,4+,5+,6+,7+/m0/s1. The Morgan fingerprint density at radius 1 is 1.08 bits per heavy atom. The molecule has 0 unspecified atom stereocenters. The highest BCUT2D eigenvalue weighted by Crippen LogP contribution is 2.20. The monoisotopic (exact) mass is 178 g/mol. The molecule has 1 aliphatic heterocycles. The lowest BCUT2D eigenvalue weighted by atomic mass is 10.0. The molecule has 0 aromatic rings. The van der Waals surface area contributed by atoms with E-state index in [9.17, 15) is 15.3 Å². The molecule has 1 saturated heterocycles. The van der Waals surface area contributed by atoms with E-state index in [1.807, 2.05) is 0 Å². The molecular formula is C7H14O5. The van der Waals surface area contributed by atoms with Crippen molar-refractivity contribution in [2.75, 3.05) is 7.11 Å². The first kappa shape index (κ1) is 9.88. The Morgan fingerprint density at radius 3 is 2.17 bits per heavy atom. The minimum atomic E-state index is -1.21. The molecule has 0 spiro atoms. The van der Waals surface area contributed by atoms with Crippen LogP contribution in [0.25, 0.3) is 0 Å². The first-order chi connectivity index (χ1) is 5.57. The van der Waals surface area contributed by atoms with Gasteiger partial charge >= 0.3 is 0 Å². The van der Waals surface area contributed by atoms with E-state index in [0.717, 1.165) is 0 Å². The number of aliphatic hydroxyl groups excluding tert-OH is 3. The highest BCUT2D eigenvalue weighted by molar-refractivity contribution is 4.86. The fourth-order valence-electron chi connectivity index (χ4n) is 1.21. The van der Waals surface area contributed by atoms with Crippen molar-refractivity contribution >= 4 is 0 Å². The van der Waals surface area contributed by atoms with Crippen molar-refractivity contribution < 1.29 is 24.8 Å². The molecule has 1 fully saturated rings. The average molecular weight is 178 g/mol. The van der Waals surface area contributed by atoms with Gasteiger partial charge in [-0.3, -0.25) is 0 Å². The molecule has 5 heteroatoms. The summed E-state index contributed by atoms with van der Waals surface area (Å²) in [6.07, 6.45) is -4.86. The summed E-state index contributed by atoms with van der Waals surface area (Å²) in [7, 11) is 1.37. The quantitative estimate of drug-likeness (QED) is 0.453. The molecule has 0 bridgehead atoms. The highest BCUT2D eigenvalue weighted by atomic mass is 16.7. The third kappa shape index (κ3) is 1.60. The Kier molecular flexibility index (Phi) is 3.03. The van der Waals surface area contributed by atoms with Crippen molar-refractivity contribution in [3.8, 4) is 0 Å². The van der Waals surface area contributed by atoms with Crippen LogP contribution >= 0.6 is 0 Å². The lowest BCUT2D eigenvalue weighted by Crippen LogP contribution is -2.57. The zero-order valence-electron chi connectivity index (χ0n) is 7.04. The average Bonchev–Trinajstić information content (AvgIpc) is 2.08. The molecule has 0 radical (unpaired) electrons. The number of aliphatic hydroxyl groups is 3. The largest absolute Gasteiger partial charge is 0.388 e. The molecular weight excluding hydrogens is 164 g/mol. The van der Waals surface area contributed by atoms with Crippen LogP contribution in [0.1, 0.15) is 6.92 Å². The molecule has 0 amide bonds. The minimum Gasteiger partial charge on any atom is -0.388 e. The molecule has 1 aliphatic rings. The third-order valence-electron chi connectivity index (χ3n) is 2.04. The van der Waals surface area contributed by atoms with E-state index in [-0.39, 0.29) is 0 Å². The number of hydrogen-bond acceptors (Lipinski definition) is 5. The Morgan fingerprint density at radius 2 is 1.67 bits per heavy atom. The summed E-state index contributed by atoms with van der Waals surface area (Å²) in [5, 5.41) is 27.8. The summed E-state index contributed by atoms with van der Waals surface area (Å²) in [6, 6.07) is 0. The van der Waals surface area contributed by atoms with Crippen molar-refractivity contribution in [3.63, 3.8) is 0 Å². The Balaban J connectivity index is 2.63. The van der Waals surface area contributed by atoms with Crippen LogP contribution < -0.4 is 0 Å². The number of rotatable bonds is 1. The maximum absolute atomic E-state index is 9.27. The Labute approximate surface area is 70.5 Å². The smallest absolute Gasteiger partial charge is 0.186 e. The fraction of sp³-hybridized carbons (Fsp3) is 1.00. The van der Waals surface area contributed by atoms with Crippen LogP contribution in [0.15, 0.2) is 0 Å². The summed E-state index contributed by atoms with van der Waals surface area (Å²) in [5.74, 6) is 0. The number of ether oxygens (including phenoxy) is 2. The predicted octanol–water partition coefficient (Wildman–Crippen LogP) is -1.54. The molecule has 0 saturated carbocycles. The number of hydrogen-bond donors (Lipinski definition) is 3. The summed E-state index contributed by atoms with van der Waals surface area (Å²) in [5.41, 5.74) is 0. The molecule has 0 aliphatic carbocycles. The van der Waals surface area contributed by atoms with Crippen LogP contribution in [0.5, 0.6) is 0 Å². The lowest BCUT2D eigenvalue weighted by molar-refractivity contribution is -0.286. The fourth-order valence-corrected chi connectivity index (χ4v) is 1.21. The van der Waals surface area contributed by atoms with Gasteiger partial charge in [-0.2, -0.15) is 0 Å². The highest BCUT2D eigenvalue weighted by Gasteiger charge is 2.41. The summed E-state index contributed by atoms with van der Waals surface area (Å²) < 4.78 is 9.80. The van der Waals surface area contributed by atoms with Crippen LogP contribution in [-0.4, -0.2) is 53.1 Å². The molecule has 1 heterocycles. The zero-order chi connectivity index (χ0) is 9.30. The Bertz CT molecular complexity index is 146. The molecule has 1 rings (SSSR count). The first-order valence-electron chi connectivity index (χ1n) is 3.80. The molecule has 72 valence electrons. The van der Waals surface area contributed by atoms with E-state index in [1.165, 1.54) is 7.11 Å². The van der Waals surface area contributed by atoms with Gasteiger partial charge in [0.25, 0.3) is 0 Å². The van der Waals surface area contributed by atoms with E-state index in [0.29, 0.717) is 0 Å². The van der Waals surface area contributed by atoms with Crippen LogP contribution in [-0.2, 0) is 9.47 Å². The van der Waals surface area contributed by atoms with E-state index in [1.54, 1.807) is 6.92 Å². The maximum atomic E-state index is 9.27. The first-order valence-corrected chi connectivity index (χ1v) is 3.80. The van der Waals surface area contributed by atoms with Crippen molar-refractivity contribution in [2.24, 2.45) is 0 Å². The second kappa shape index (κ2) is 3.68. The van der Waals surface area contributed by atoms with Gasteiger partial charge in [-0.25, -0.2) is 0 Å². The maximum Gasteiger partial charge on any atom is 0.186 e. The van der Waals surface area contributed by atoms with Crippen molar-refractivity contribution in [2.45, 2.75) is 37.6 Å². The normalized spacial score (nSPS) is 49.2. The van der Waals surface area contributed by atoms with Crippen LogP contribution in [0.2, 0.25) is 0 Å². The van der Waals surface area contributed by atoms with Crippen molar-refractivity contribution in [3.05, 3.63) is 0 Å². The van der Waals surface area contributed by atoms with E-state index in [2.05, 4.69) is 0 Å². The molecule has 3 N–H and O–H groups in total. The van der Waals surface area contributed by atoms with Gasteiger partial charge in [0.15, 0.2) is 6.29 Å². The Hall–Kier alpha value is -0.200. The van der Waals surface area contributed by atoms with Gasteiger partial charge in [-0.15, -0.1) is 0 Å². The van der Waals surface area contributed by atoms with Crippen LogP contribution in [0.3, 0.4) is 0 Å². The second-order valence-corrected chi connectivity index (χ2v) is 2.92. The molecule has 5 nitrogen and oxygen atoms in total. The van der Waals surface area contributed by atoms with Gasteiger partial charge in [0.2, 0.25) is 0 Å². The number of methoxy groups -OCH3 is 1. The molecule has 5 atom stereocenters. The molecule has 0 aromatic heterocycles. The van der Waals surface area contributed by atoms with Gasteiger partial charge in [-0.05, 0) is 6.92 Å². The molecule has 0 aromatic carbocycles. The summed E-state index contributed by atoms with van der Waals surface area (Å²) >= 11 is 0. The van der Waals surface area contributed by atoms with E-state index < -0.39 is 30.7 Å². The van der Waals surface area contributed by atoms with Gasteiger partial charge in [0.05, 0.1) is 6.10 Å². The predicted molar refractivity (Wildman–Crippen MR) is 39.4 cm³/mol. The van der Waals surface area contributed by atoms with Crippen molar-refractivity contribution in [1.82, 2.24) is 0 Å². The third-order valence-corrected chi connectivity index (χ3v) is 2.04. The van der Waals surface area contributed by atoms with Crippen molar-refractivity contribution in [1.29, 1.82) is 0 Å². The van der Waals surface area contributed by atoms with Gasteiger partial charge in [0, 0.05) is 7.11 Å². The summed E-state index contributed by atoms with van der Waals surface area (Å²) in [6.45, 7) is 1.60. The van der Waals surface area contributed by atoms with Crippen LogP contribution in [0.4, 0.5) is 0 Å². The van der Waals surface area contributed by atoms with E-state index >= 15 is 0 Å². The molecule has 12 heavy (non-hydrogen) atoms. The SMILES string of the molecule is CO[C@@H]1O[C@@H](C)[C@@H](O)[C@@H](O)[C@H]1O. The lowest BCUT2D eigenvalue weighted by Gasteiger charge is -2.38. The zero-order valence-corrected chi connectivity index (χ0v) is 7.04. The van der Waals surface area contributed by atoms with Gasteiger partial charge in [0.1, 0.15) is 18.3 Å². The minimum absolute atomic E-state index is 0.534. The summed E-state index contributed by atoms with van der Waals surface area (Å²) in [4.78, 5) is 0. The topological polar surface area (TPSA) is 79.2 Å². The van der Waals surface area contributed by atoms with Crippen LogP contribution in [0, 0.1) is 0 Å². The van der Waals surface area contributed by atoms with E-state index in [4.69, 9.17) is 9.47 Å². The van der Waals surface area contributed by atoms with Gasteiger partial charge in [-0.1, -0.05) is 0 Å². The van der Waals surface area contributed by atoms with Gasteiger partial charge < -0.3 is 24.8 Å².